The minimum atomic E-state index is -0.395. The number of halogens is 1. The number of nitrogens with one attached hydrogen (secondary N) is 1. The Morgan fingerprint density at radius 3 is 2.46 bits per heavy atom. The standard InChI is InChI=1S/C18H22FN5O2/c1-3-20-18(26)23-10-8-22(9-11-23)17(25)14-12-21-24(13(14)2)16-7-5-4-6-15(16)19/h4-7,12H,3,8-11H2,1-2H3,(H,20,26). The predicted molar refractivity (Wildman–Crippen MR) is 94.8 cm³/mol. The molecule has 0 spiro atoms. The van der Waals surface area contributed by atoms with Gasteiger partial charge in [0.1, 0.15) is 11.5 Å². The first kappa shape index (κ1) is 17.9. The number of carbonyl (C=O) groups excluding carboxylic acids is 2. The Hall–Kier alpha value is -2.90. The molecule has 8 heteroatoms. The van der Waals surface area contributed by atoms with Gasteiger partial charge in [-0.15, -0.1) is 0 Å². The van der Waals surface area contributed by atoms with Gasteiger partial charge in [0, 0.05) is 32.7 Å². The van der Waals surface area contributed by atoms with Crippen LogP contribution in [-0.4, -0.2) is 64.2 Å². The first-order valence-electron chi connectivity index (χ1n) is 8.64. The second kappa shape index (κ2) is 7.55. The van der Waals surface area contributed by atoms with Gasteiger partial charge >= 0.3 is 6.03 Å². The molecule has 1 fully saturated rings. The van der Waals surface area contributed by atoms with Crippen LogP contribution >= 0.6 is 0 Å². The maximum Gasteiger partial charge on any atom is 0.317 e. The summed E-state index contributed by atoms with van der Waals surface area (Å²) in [6, 6.07) is 6.20. The number of aromatic nitrogens is 2. The lowest BCUT2D eigenvalue weighted by molar-refractivity contribution is 0.0664. The van der Waals surface area contributed by atoms with Crippen molar-refractivity contribution in [1.29, 1.82) is 0 Å². The van der Waals surface area contributed by atoms with Crippen molar-refractivity contribution in [2.45, 2.75) is 13.8 Å². The van der Waals surface area contributed by atoms with E-state index in [0.717, 1.165) is 0 Å². The van der Waals surface area contributed by atoms with E-state index in [1.165, 1.54) is 16.9 Å². The highest BCUT2D eigenvalue weighted by Gasteiger charge is 2.27. The average molecular weight is 359 g/mol. The third kappa shape index (κ3) is 3.40. The van der Waals surface area contributed by atoms with Gasteiger partial charge in [-0.25, -0.2) is 13.9 Å². The number of benzene rings is 1. The highest BCUT2D eigenvalue weighted by molar-refractivity contribution is 5.95. The van der Waals surface area contributed by atoms with Gasteiger partial charge in [0.05, 0.1) is 17.5 Å². The Morgan fingerprint density at radius 2 is 1.81 bits per heavy atom. The van der Waals surface area contributed by atoms with Crippen LogP contribution in [0.3, 0.4) is 0 Å². The average Bonchev–Trinajstić information content (AvgIpc) is 3.03. The summed E-state index contributed by atoms with van der Waals surface area (Å²) < 4.78 is 15.4. The smallest absolute Gasteiger partial charge is 0.317 e. The SMILES string of the molecule is CCNC(=O)N1CCN(C(=O)c2cnn(-c3ccccc3F)c2C)CC1. The van der Waals surface area contributed by atoms with E-state index in [4.69, 9.17) is 0 Å². The van der Waals surface area contributed by atoms with E-state index in [2.05, 4.69) is 10.4 Å². The lowest BCUT2D eigenvalue weighted by Crippen LogP contribution is -2.53. The van der Waals surface area contributed by atoms with E-state index < -0.39 is 5.82 Å². The van der Waals surface area contributed by atoms with Crippen molar-refractivity contribution in [3.8, 4) is 5.69 Å². The molecule has 1 aromatic heterocycles. The summed E-state index contributed by atoms with van der Waals surface area (Å²) >= 11 is 0. The van der Waals surface area contributed by atoms with Crippen molar-refractivity contribution in [2.24, 2.45) is 0 Å². The van der Waals surface area contributed by atoms with Crippen LogP contribution in [0.15, 0.2) is 30.5 Å². The van der Waals surface area contributed by atoms with Gasteiger partial charge in [-0.1, -0.05) is 12.1 Å². The van der Waals surface area contributed by atoms with Crippen molar-refractivity contribution in [3.63, 3.8) is 0 Å². The zero-order valence-corrected chi connectivity index (χ0v) is 14.9. The minimum absolute atomic E-state index is 0.108. The Balaban J connectivity index is 1.72. The number of piperazine rings is 1. The van der Waals surface area contributed by atoms with Gasteiger partial charge in [-0.2, -0.15) is 5.10 Å². The molecule has 3 amide bonds. The van der Waals surface area contributed by atoms with Crippen molar-refractivity contribution in [1.82, 2.24) is 24.9 Å². The zero-order valence-electron chi connectivity index (χ0n) is 14.9. The molecule has 138 valence electrons. The number of carbonyl (C=O) groups is 2. The molecule has 0 atom stereocenters. The molecule has 1 aromatic carbocycles. The summed E-state index contributed by atoms with van der Waals surface area (Å²) in [4.78, 5) is 28.1. The van der Waals surface area contributed by atoms with E-state index in [-0.39, 0.29) is 11.9 Å². The molecule has 3 rings (SSSR count). The summed E-state index contributed by atoms with van der Waals surface area (Å²) in [6.45, 7) is 6.08. The van der Waals surface area contributed by atoms with Crippen LogP contribution in [0.5, 0.6) is 0 Å². The molecule has 1 aliphatic heterocycles. The number of rotatable bonds is 3. The van der Waals surface area contributed by atoms with Gasteiger partial charge < -0.3 is 15.1 Å². The first-order valence-corrected chi connectivity index (χ1v) is 8.64. The van der Waals surface area contributed by atoms with Gasteiger partial charge in [0.25, 0.3) is 5.91 Å². The molecule has 26 heavy (non-hydrogen) atoms. The van der Waals surface area contributed by atoms with Crippen molar-refractivity contribution < 1.29 is 14.0 Å². The van der Waals surface area contributed by atoms with Crippen LogP contribution in [-0.2, 0) is 0 Å². The second-order valence-corrected chi connectivity index (χ2v) is 6.12. The quantitative estimate of drug-likeness (QED) is 0.909. The normalized spacial score (nSPS) is 14.4. The number of hydrogen-bond donors (Lipinski definition) is 1. The molecule has 2 aromatic rings. The summed E-state index contributed by atoms with van der Waals surface area (Å²) in [5.74, 6) is -0.547. The van der Waals surface area contributed by atoms with E-state index in [0.29, 0.717) is 49.7 Å². The number of urea groups is 1. The largest absolute Gasteiger partial charge is 0.338 e. The van der Waals surface area contributed by atoms with E-state index >= 15 is 0 Å². The lowest BCUT2D eigenvalue weighted by Gasteiger charge is -2.34. The highest BCUT2D eigenvalue weighted by Crippen LogP contribution is 2.19. The summed E-state index contributed by atoms with van der Waals surface area (Å²) in [5, 5.41) is 6.95. The molecule has 1 saturated heterocycles. The maximum absolute atomic E-state index is 14.0. The van der Waals surface area contributed by atoms with E-state index in [1.54, 1.807) is 34.9 Å². The molecule has 0 aliphatic carbocycles. The van der Waals surface area contributed by atoms with Crippen molar-refractivity contribution >= 4 is 11.9 Å². The zero-order chi connectivity index (χ0) is 18.7. The molecular formula is C18H22FN5O2. The minimum Gasteiger partial charge on any atom is -0.338 e. The van der Waals surface area contributed by atoms with Gasteiger partial charge in [-0.05, 0) is 26.0 Å². The molecule has 7 nitrogen and oxygen atoms in total. The van der Waals surface area contributed by atoms with E-state index in [9.17, 15) is 14.0 Å². The van der Waals surface area contributed by atoms with E-state index in [1.807, 2.05) is 6.92 Å². The Kier molecular flexibility index (Phi) is 5.20. The number of nitrogens with zero attached hydrogens (tertiary/aromatic N) is 4. The van der Waals surface area contributed by atoms with Crippen LogP contribution in [0.25, 0.3) is 5.69 Å². The molecule has 1 aliphatic rings. The fourth-order valence-corrected chi connectivity index (χ4v) is 3.03. The molecular weight excluding hydrogens is 337 g/mol. The lowest BCUT2D eigenvalue weighted by atomic mass is 10.2. The van der Waals surface area contributed by atoms with Gasteiger partial charge in [0.2, 0.25) is 0 Å². The predicted octanol–water partition coefficient (Wildman–Crippen LogP) is 1.81. The summed E-state index contributed by atoms with van der Waals surface area (Å²) in [5.41, 5.74) is 1.34. The topological polar surface area (TPSA) is 70.5 Å². The van der Waals surface area contributed by atoms with Crippen LogP contribution in [0.1, 0.15) is 23.0 Å². The summed E-state index contributed by atoms with van der Waals surface area (Å²) in [7, 11) is 0. The molecule has 2 heterocycles. The first-order chi connectivity index (χ1) is 12.5. The Morgan fingerprint density at radius 1 is 1.15 bits per heavy atom. The molecule has 0 unspecified atom stereocenters. The monoisotopic (exact) mass is 359 g/mol. The molecule has 1 N–H and O–H groups in total. The fraction of sp³-hybridized carbons (Fsp3) is 0.389. The Labute approximate surface area is 151 Å². The number of hydrogen-bond acceptors (Lipinski definition) is 3. The fourth-order valence-electron chi connectivity index (χ4n) is 3.03. The summed E-state index contributed by atoms with van der Waals surface area (Å²) in [6.07, 6.45) is 1.47. The number of para-hydroxylation sites is 1. The molecule has 0 radical (unpaired) electrons. The Bertz CT molecular complexity index is 812. The van der Waals surface area contributed by atoms with Crippen molar-refractivity contribution in [2.75, 3.05) is 32.7 Å². The van der Waals surface area contributed by atoms with Crippen LogP contribution in [0.2, 0.25) is 0 Å². The molecule has 0 saturated carbocycles. The van der Waals surface area contributed by atoms with Gasteiger partial charge in [0.15, 0.2) is 0 Å². The number of amides is 3. The van der Waals surface area contributed by atoms with Crippen LogP contribution in [0.4, 0.5) is 9.18 Å². The maximum atomic E-state index is 14.0. The second-order valence-electron chi connectivity index (χ2n) is 6.12. The highest BCUT2D eigenvalue weighted by atomic mass is 19.1. The third-order valence-electron chi connectivity index (χ3n) is 4.50. The molecule has 0 bridgehead atoms. The van der Waals surface area contributed by atoms with Gasteiger partial charge in [-0.3, -0.25) is 4.79 Å². The van der Waals surface area contributed by atoms with Crippen molar-refractivity contribution in [3.05, 3.63) is 47.5 Å². The van der Waals surface area contributed by atoms with Crippen LogP contribution in [0, 0.1) is 12.7 Å². The van der Waals surface area contributed by atoms with Crippen LogP contribution < -0.4 is 5.32 Å². The third-order valence-corrected chi connectivity index (χ3v) is 4.50.